The average molecular weight is 436 g/mol. The molecule has 4 N–H and O–H groups in total. The standard InChI is InChI=1S/C22H26ClN3O2.ClH/c23-17-8-6-16(7-9-17)21(27)26-20(14-15-4-2-1-3-5-15)22(28)25-19-12-10-18(24)11-13-19;/h1-9,18-20H,10-14,24H2,(H,25,28)(H,26,27);1H. The molecule has 2 amide bonds. The van der Waals surface area contributed by atoms with Gasteiger partial charge in [-0.3, -0.25) is 9.59 Å². The summed E-state index contributed by atoms with van der Waals surface area (Å²) in [6.07, 6.45) is 3.99. The lowest BCUT2D eigenvalue weighted by Crippen LogP contribution is -2.51. The Labute approximate surface area is 182 Å². The van der Waals surface area contributed by atoms with Gasteiger partial charge in [-0.25, -0.2) is 0 Å². The van der Waals surface area contributed by atoms with Gasteiger partial charge in [-0.15, -0.1) is 12.4 Å². The van der Waals surface area contributed by atoms with Crippen LogP contribution in [0.15, 0.2) is 54.6 Å². The van der Waals surface area contributed by atoms with Gasteiger partial charge in [0.2, 0.25) is 5.91 Å². The highest BCUT2D eigenvalue weighted by atomic mass is 35.5. The second-order valence-electron chi connectivity index (χ2n) is 7.34. The van der Waals surface area contributed by atoms with Crippen LogP contribution in [0, 0.1) is 0 Å². The predicted octanol–water partition coefficient (Wildman–Crippen LogP) is 3.49. The summed E-state index contributed by atoms with van der Waals surface area (Å²) in [6, 6.07) is 16.0. The van der Waals surface area contributed by atoms with Gasteiger partial charge in [-0.1, -0.05) is 41.9 Å². The summed E-state index contributed by atoms with van der Waals surface area (Å²) in [6.45, 7) is 0. The van der Waals surface area contributed by atoms with Crippen LogP contribution in [0.3, 0.4) is 0 Å². The van der Waals surface area contributed by atoms with Crippen LogP contribution in [-0.2, 0) is 11.2 Å². The first kappa shape index (κ1) is 23.2. The van der Waals surface area contributed by atoms with Gasteiger partial charge in [0.15, 0.2) is 0 Å². The molecule has 2 aromatic carbocycles. The minimum absolute atomic E-state index is 0. The molecule has 3 rings (SSSR count). The van der Waals surface area contributed by atoms with Crippen molar-refractivity contribution in [2.45, 2.75) is 50.2 Å². The molecule has 7 heteroatoms. The van der Waals surface area contributed by atoms with E-state index in [9.17, 15) is 9.59 Å². The van der Waals surface area contributed by atoms with E-state index in [4.69, 9.17) is 17.3 Å². The summed E-state index contributed by atoms with van der Waals surface area (Å²) in [5.74, 6) is -0.454. The molecule has 5 nitrogen and oxygen atoms in total. The van der Waals surface area contributed by atoms with E-state index < -0.39 is 6.04 Å². The molecule has 0 heterocycles. The van der Waals surface area contributed by atoms with Gasteiger partial charge in [-0.05, 0) is 55.5 Å². The van der Waals surface area contributed by atoms with Crippen molar-refractivity contribution in [3.05, 3.63) is 70.7 Å². The largest absolute Gasteiger partial charge is 0.352 e. The third-order valence-electron chi connectivity index (χ3n) is 5.13. The fourth-order valence-electron chi connectivity index (χ4n) is 3.47. The number of halogens is 2. The second-order valence-corrected chi connectivity index (χ2v) is 7.78. The fraction of sp³-hybridized carbons (Fsp3) is 0.364. The van der Waals surface area contributed by atoms with Crippen molar-refractivity contribution in [3.8, 4) is 0 Å². The number of carbonyl (C=O) groups excluding carboxylic acids is 2. The maximum atomic E-state index is 12.9. The minimum atomic E-state index is -0.652. The summed E-state index contributed by atoms with van der Waals surface area (Å²) in [5, 5.41) is 6.54. The SMILES string of the molecule is Cl.NC1CCC(NC(=O)C(Cc2ccccc2)NC(=O)c2ccc(Cl)cc2)CC1. The number of hydrogen-bond acceptors (Lipinski definition) is 3. The Morgan fingerprint density at radius 2 is 1.62 bits per heavy atom. The first-order chi connectivity index (χ1) is 13.5. The molecule has 0 aliphatic heterocycles. The number of rotatable bonds is 6. The maximum absolute atomic E-state index is 12.9. The summed E-state index contributed by atoms with van der Waals surface area (Å²) in [7, 11) is 0. The molecule has 0 saturated heterocycles. The topological polar surface area (TPSA) is 84.2 Å². The molecule has 0 radical (unpaired) electrons. The quantitative estimate of drug-likeness (QED) is 0.648. The van der Waals surface area contributed by atoms with E-state index in [0.717, 1.165) is 31.2 Å². The van der Waals surface area contributed by atoms with Crippen LogP contribution >= 0.6 is 24.0 Å². The zero-order valence-corrected chi connectivity index (χ0v) is 17.7. The monoisotopic (exact) mass is 435 g/mol. The second kappa shape index (κ2) is 11.2. The van der Waals surface area contributed by atoms with Crippen LogP contribution in [0.4, 0.5) is 0 Å². The van der Waals surface area contributed by atoms with Gasteiger partial charge in [-0.2, -0.15) is 0 Å². The molecular formula is C22H27Cl2N3O2. The number of nitrogens with two attached hydrogens (primary N) is 1. The summed E-state index contributed by atoms with van der Waals surface area (Å²) in [4.78, 5) is 25.6. The number of amides is 2. The zero-order valence-electron chi connectivity index (χ0n) is 16.1. The Balaban J connectivity index is 0.00000300. The molecule has 1 atom stereocenters. The highest BCUT2D eigenvalue weighted by Crippen LogP contribution is 2.17. The molecule has 1 aliphatic rings. The predicted molar refractivity (Wildman–Crippen MR) is 118 cm³/mol. The Morgan fingerprint density at radius 1 is 1.00 bits per heavy atom. The van der Waals surface area contributed by atoms with Gasteiger partial charge in [0.1, 0.15) is 6.04 Å². The van der Waals surface area contributed by atoms with Gasteiger partial charge >= 0.3 is 0 Å². The number of hydrogen-bond donors (Lipinski definition) is 3. The first-order valence-corrected chi connectivity index (χ1v) is 10.1. The molecule has 2 aromatic rings. The summed E-state index contributed by atoms with van der Waals surface area (Å²) < 4.78 is 0. The normalized spacial score (nSPS) is 19.5. The van der Waals surface area contributed by atoms with Crippen molar-refractivity contribution in [2.24, 2.45) is 5.73 Å². The van der Waals surface area contributed by atoms with E-state index in [1.54, 1.807) is 24.3 Å². The Bertz CT molecular complexity index is 791. The molecule has 1 aliphatic carbocycles. The smallest absolute Gasteiger partial charge is 0.251 e. The molecule has 1 saturated carbocycles. The third-order valence-corrected chi connectivity index (χ3v) is 5.38. The van der Waals surface area contributed by atoms with Gasteiger partial charge in [0.05, 0.1) is 0 Å². The maximum Gasteiger partial charge on any atom is 0.251 e. The van der Waals surface area contributed by atoms with Crippen molar-refractivity contribution in [3.63, 3.8) is 0 Å². The van der Waals surface area contributed by atoms with E-state index >= 15 is 0 Å². The van der Waals surface area contributed by atoms with Crippen LogP contribution in [-0.4, -0.2) is 29.9 Å². The minimum Gasteiger partial charge on any atom is -0.352 e. The average Bonchev–Trinajstić information content (AvgIpc) is 2.70. The summed E-state index contributed by atoms with van der Waals surface area (Å²) >= 11 is 5.89. The Morgan fingerprint density at radius 3 is 2.24 bits per heavy atom. The lowest BCUT2D eigenvalue weighted by molar-refractivity contribution is -0.123. The number of benzene rings is 2. The first-order valence-electron chi connectivity index (χ1n) is 9.67. The van der Waals surface area contributed by atoms with Crippen LogP contribution in [0.25, 0.3) is 0 Å². The lowest BCUT2D eigenvalue weighted by Gasteiger charge is -2.28. The zero-order chi connectivity index (χ0) is 19.9. The van der Waals surface area contributed by atoms with Crippen molar-refractivity contribution >= 4 is 35.8 Å². The van der Waals surface area contributed by atoms with Gasteiger partial charge < -0.3 is 16.4 Å². The number of carbonyl (C=O) groups is 2. The Hall–Kier alpha value is -2.08. The van der Waals surface area contributed by atoms with E-state index in [-0.39, 0.29) is 36.3 Å². The molecule has 0 aromatic heterocycles. The van der Waals surface area contributed by atoms with Crippen molar-refractivity contribution in [2.75, 3.05) is 0 Å². The molecule has 0 spiro atoms. The van der Waals surface area contributed by atoms with Crippen molar-refractivity contribution < 1.29 is 9.59 Å². The van der Waals surface area contributed by atoms with Gasteiger partial charge in [0.25, 0.3) is 5.91 Å². The Kier molecular flexibility index (Phi) is 8.96. The van der Waals surface area contributed by atoms with Crippen molar-refractivity contribution in [1.29, 1.82) is 0 Å². The van der Waals surface area contributed by atoms with E-state index in [0.29, 0.717) is 17.0 Å². The number of nitrogens with one attached hydrogen (secondary N) is 2. The highest BCUT2D eigenvalue weighted by Gasteiger charge is 2.26. The van der Waals surface area contributed by atoms with E-state index in [1.807, 2.05) is 30.3 Å². The van der Waals surface area contributed by atoms with Crippen LogP contribution in [0.1, 0.15) is 41.6 Å². The van der Waals surface area contributed by atoms with E-state index in [2.05, 4.69) is 10.6 Å². The third kappa shape index (κ3) is 7.03. The summed E-state index contributed by atoms with van der Waals surface area (Å²) in [5.41, 5.74) is 7.41. The van der Waals surface area contributed by atoms with Crippen LogP contribution < -0.4 is 16.4 Å². The van der Waals surface area contributed by atoms with Crippen LogP contribution in [0.2, 0.25) is 5.02 Å². The van der Waals surface area contributed by atoms with E-state index in [1.165, 1.54) is 0 Å². The fourth-order valence-corrected chi connectivity index (χ4v) is 3.59. The highest BCUT2D eigenvalue weighted by molar-refractivity contribution is 6.30. The molecular weight excluding hydrogens is 409 g/mol. The molecule has 156 valence electrons. The molecule has 29 heavy (non-hydrogen) atoms. The van der Waals surface area contributed by atoms with Crippen LogP contribution in [0.5, 0.6) is 0 Å². The lowest BCUT2D eigenvalue weighted by atomic mass is 9.91. The molecule has 0 bridgehead atoms. The van der Waals surface area contributed by atoms with Gasteiger partial charge in [0, 0.05) is 29.1 Å². The molecule has 1 unspecified atom stereocenters. The molecule has 1 fully saturated rings. The van der Waals surface area contributed by atoms with Crippen molar-refractivity contribution in [1.82, 2.24) is 10.6 Å².